The monoisotopic (exact) mass is 421 g/mol. The number of fused-ring (bicyclic) bond motifs is 1. The molecule has 0 aliphatic carbocycles. The smallest absolute Gasteiger partial charge is 0.276 e. The van der Waals surface area contributed by atoms with Crippen LogP contribution in [0.4, 0.5) is 14.5 Å². The van der Waals surface area contributed by atoms with E-state index in [4.69, 9.17) is 0 Å². The van der Waals surface area contributed by atoms with Crippen molar-refractivity contribution in [2.24, 2.45) is 0 Å². The lowest BCUT2D eigenvalue weighted by Crippen LogP contribution is -2.24. The number of amides is 2. The molecule has 0 saturated heterocycles. The quantitative estimate of drug-likeness (QED) is 0.516. The lowest BCUT2D eigenvalue weighted by Gasteiger charge is -2.07. The molecule has 2 aromatic heterocycles. The number of rotatable bonds is 5. The summed E-state index contributed by atoms with van der Waals surface area (Å²) >= 11 is 0. The summed E-state index contributed by atoms with van der Waals surface area (Å²) in [6, 6.07) is 15.4. The van der Waals surface area contributed by atoms with Crippen molar-refractivity contribution in [2.45, 2.75) is 13.5 Å². The summed E-state index contributed by atoms with van der Waals surface area (Å²) in [5.41, 5.74) is 2.24. The van der Waals surface area contributed by atoms with Crippen molar-refractivity contribution in [3.63, 3.8) is 0 Å². The fourth-order valence-corrected chi connectivity index (χ4v) is 2.99. The molecule has 2 amide bonds. The van der Waals surface area contributed by atoms with Crippen LogP contribution in [0, 0.1) is 18.6 Å². The molecule has 4 aromatic rings. The molecule has 31 heavy (non-hydrogen) atoms. The van der Waals surface area contributed by atoms with Crippen LogP contribution in [0.5, 0.6) is 0 Å². The molecule has 0 spiro atoms. The molecule has 7 nitrogen and oxygen atoms in total. The molecule has 156 valence electrons. The highest BCUT2D eigenvalue weighted by atomic mass is 19.2. The van der Waals surface area contributed by atoms with E-state index >= 15 is 0 Å². The Morgan fingerprint density at radius 1 is 0.935 bits per heavy atom. The number of nitrogens with one attached hydrogen (secondary N) is 2. The standard InChI is InChI=1S/C22H17F2N5O2/c1-13-9-18(21(30)25-12-14-7-8-16(23)17(24)10-14)27-20-11-19(28-29(13)20)22(31)26-15-5-3-2-4-6-15/h2-11H,12H2,1H3,(H,25,30)(H,26,31). The van der Waals surface area contributed by atoms with Crippen LogP contribution in [0.2, 0.25) is 0 Å². The number of para-hydroxylation sites is 1. The minimum Gasteiger partial charge on any atom is -0.347 e. The number of aromatic nitrogens is 3. The fraction of sp³-hybridized carbons (Fsp3) is 0.0909. The Kier molecular flexibility index (Phi) is 5.40. The lowest BCUT2D eigenvalue weighted by molar-refractivity contribution is 0.0945. The molecular formula is C22H17F2N5O2. The Balaban J connectivity index is 1.52. The van der Waals surface area contributed by atoms with Gasteiger partial charge in [-0.1, -0.05) is 24.3 Å². The second kappa shape index (κ2) is 8.31. The van der Waals surface area contributed by atoms with Gasteiger partial charge in [-0.2, -0.15) is 5.10 Å². The minimum atomic E-state index is -0.984. The number of halogens is 2. The Bertz CT molecular complexity index is 1290. The highest BCUT2D eigenvalue weighted by Crippen LogP contribution is 2.13. The Hall–Kier alpha value is -4.14. The van der Waals surface area contributed by atoms with Crippen LogP contribution in [0.3, 0.4) is 0 Å². The Morgan fingerprint density at radius 3 is 2.45 bits per heavy atom. The van der Waals surface area contributed by atoms with Crippen molar-refractivity contribution in [1.29, 1.82) is 0 Å². The third kappa shape index (κ3) is 4.40. The van der Waals surface area contributed by atoms with E-state index in [2.05, 4.69) is 20.7 Å². The molecule has 4 rings (SSSR count). The molecule has 0 atom stereocenters. The van der Waals surface area contributed by atoms with Crippen molar-refractivity contribution < 1.29 is 18.4 Å². The SMILES string of the molecule is Cc1cc(C(=O)NCc2ccc(F)c(F)c2)nc2cc(C(=O)Nc3ccccc3)nn12. The average molecular weight is 421 g/mol. The maximum Gasteiger partial charge on any atom is 0.276 e. The van der Waals surface area contributed by atoms with Gasteiger partial charge in [0.1, 0.15) is 5.69 Å². The first-order valence-corrected chi connectivity index (χ1v) is 9.36. The van der Waals surface area contributed by atoms with E-state index in [9.17, 15) is 18.4 Å². The van der Waals surface area contributed by atoms with Crippen molar-refractivity contribution in [3.05, 3.63) is 94.9 Å². The normalized spacial score (nSPS) is 10.8. The van der Waals surface area contributed by atoms with Gasteiger partial charge in [0.2, 0.25) is 0 Å². The molecule has 2 N–H and O–H groups in total. The van der Waals surface area contributed by atoms with Crippen molar-refractivity contribution in [1.82, 2.24) is 19.9 Å². The lowest BCUT2D eigenvalue weighted by atomic mass is 10.2. The van der Waals surface area contributed by atoms with Gasteiger partial charge in [-0.15, -0.1) is 0 Å². The van der Waals surface area contributed by atoms with E-state index in [0.717, 1.165) is 12.1 Å². The van der Waals surface area contributed by atoms with Crippen LogP contribution in [0.1, 0.15) is 32.2 Å². The molecule has 2 aromatic carbocycles. The van der Waals surface area contributed by atoms with Crippen molar-refractivity contribution in [3.8, 4) is 0 Å². The zero-order valence-corrected chi connectivity index (χ0v) is 16.4. The third-order valence-electron chi connectivity index (χ3n) is 4.54. The first-order chi connectivity index (χ1) is 14.9. The number of hydrogen-bond acceptors (Lipinski definition) is 4. The van der Waals surface area contributed by atoms with Crippen LogP contribution in [-0.4, -0.2) is 26.4 Å². The highest BCUT2D eigenvalue weighted by Gasteiger charge is 2.16. The van der Waals surface area contributed by atoms with Crippen molar-refractivity contribution >= 4 is 23.1 Å². The maximum atomic E-state index is 13.3. The molecule has 0 radical (unpaired) electrons. The van der Waals surface area contributed by atoms with Gasteiger partial charge in [0.25, 0.3) is 11.8 Å². The second-order valence-electron chi connectivity index (χ2n) is 6.83. The van der Waals surface area contributed by atoms with Gasteiger partial charge in [-0.25, -0.2) is 18.3 Å². The summed E-state index contributed by atoms with van der Waals surface area (Å²) in [4.78, 5) is 29.2. The van der Waals surface area contributed by atoms with Gasteiger partial charge in [-0.3, -0.25) is 9.59 Å². The topological polar surface area (TPSA) is 88.4 Å². The van der Waals surface area contributed by atoms with Gasteiger partial charge in [-0.05, 0) is 42.8 Å². The van der Waals surface area contributed by atoms with Gasteiger partial charge < -0.3 is 10.6 Å². The number of carbonyl (C=O) groups excluding carboxylic acids is 2. The number of nitrogens with zero attached hydrogens (tertiary/aromatic N) is 3. The van der Waals surface area contributed by atoms with E-state index in [-0.39, 0.29) is 17.9 Å². The molecule has 0 unspecified atom stereocenters. The first-order valence-electron chi connectivity index (χ1n) is 9.36. The van der Waals surface area contributed by atoms with Crippen LogP contribution in [0.15, 0.2) is 60.7 Å². The van der Waals surface area contributed by atoms with Crippen LogP contribution < -0.4 is 10.6 Å². The number of carbonyl (C=O) groups is 2. The van der Waals surface area contributed by atoms with Crippen LogP contribution in [0.25, 0.3) is 5.65 Å². The zero-order valence-electron chi connectivity index (χ0n) is 16.4. The van der Waals surface area contributed by atoms with E-state index in [0.29, 0.717) is 22.6 Å². The molecule has 2 heterocycles. The molecular weight excluding hydrogens is 404 g/mol. The molecule has 0 aliphatic heterocycles. The number of benzene rings is 2. The zero-order chi connectivity index (χ0) is 22.0. The van der Waals surface area contributed by atoms with E-state index in [1.165, 1.54) is 22.7 Å². The van der Waals surface area contributed by atoms with Gasteiger partial charge >= 0.3 is 0 Å². The van der Waals surface area contributed by atoms with E-state index in [1.807, 2.05) is 6.07 Å². The van der Waals surface area contributed by atoms with Crippen LogP contribution >= 0.6 is 0 Å². The van der Waals surface area contributed by atoms with Gasteiger partial charge in [0.15, 0.2) is 23.0 Å². The number of aryl methyl sites for hydroxylation is 1. The van der Waals surface area contributed by atoms with E-state index in [1.54, 1.807) is 31.2 Å². The number of hydrogen-bond donors (Lipinski definition) is 2. The average Bonchev–Trinajstić information content (AvgIpc) is 3.20. The predicted molar refractivity (Wildman–Crippen MR) is 110 cm³/mol. The Morgan fingerprint density at radius 2 is 1.71 bits per heavy atom. The maximum absolute atomic E-state index is 13.3. The minimum absolute atomic E-state index is 0.00589. The van der Waals surface area contributed by atoms with E-state index < -0.39 is 23.4 Å². The van der Waals surface area contributed by atoms with Gasteiger partial charge in [0, 0.05) is 24.0 Å². The summed E-state index contributed by atoms with van der Waals surface area (Å²) in [6.07, 6.45) is 0. The Labute approximate surface area is 175 Å². The first kappa shape index (κ1) is 20.1. The summed E-state index contributed by atoms with van der Waals surface area (Å²) < 4.78 is 27.8. The molecule has 0 bridgehead atoms. The fourth-order valence-electron chi connectivity index (χ4n) is 2.99. The van der Waals surface area contributed by atoms with Crippen LogP contribution in [-0.2, 0) is 6.54 Å². The molecule has 0 fully saturated rings. The molecule has 9 heteroatoms. The van der Waals surface area contributed by atoms with Gasteiger partial charge in [0.05, 0.1) is 0 Å². The molecule has 0 aliphatic rings. The van der Waals surface area contributed by atoms with Crippen molar-refractivity contribution in [2.75, 3.05) is 5.32 Å². The third-order valence-corrected chi connectivity index (χ3v) is 4.54. The largest absolute Gasteiger partial charge is 0.347 e. The molecule has 0 saturated carbocycles. The summed E-state index contributed by atoms with van der Waals surface area (Å²) in [7, 11) is 0. The summed E-state index contributed by atoms with van der Waals surface area (Å²) in [5.74, 6) is -2.83. The summed E-state index contributed by atoms with van der Waals surface area (Å²) in [5, 5.41) is 9.61. The number of anilines is 1. The second-order valence-corrected chi connectivity index (χ2v) is 6.83. The highest BCUT2D eigenvalue weighted by molar-refractivity contribution is 6.03. The summed E-state index contributed by atoms with van der Waals surface area (Å²) in [6.45, 7) is 1.73. The predicted octanol–water partition coefficient (Wildman–Crippen LogP) is 3.50.